The lowest BCUT2D eigenvalue weighted by atomic mass is 10.1. The maximum absolute atomic E-state index is 13.7. The fourth-order valence-electron chi connectivity index (χ4n) is 4.52. The van der Waals surface area contributed by atoms with Crippen LogP contribution in [0.15, 0.2) is 65.7 Å². The Morgan fingerprint density at radius 3 is 2.57 bits per heavy atom. The van der Waals surface area contributed by atoms with Crippen molar-refractivity contribution in [1.29, 1.82) is 0 Å². The first-order chi connectivity index (χ1) is 16.9. The summed E-state index contributed by atoms with van der Waals surface area (Å²) in [6.45, 7) is 4.88. The van der Waals surface area contributed by atoms with Gasteiger partial charge in [0, 0.05) is 36.0 Å². The van der Waals surface area contributed by atoms with E-state index in [-0.39, 0.29) is 18.4 Å². The zero-order valence-corrected chi connectivity index (χ0v) is 21.0. The summed E-state index contributed by atoms with van der Waals surface area (Å²) in [5, 5.41) is 0.674. The number of methoxy groups -OCH3 is 1. The number of hydrogen-bond acceptors (Lipinski definition) is 4. The van der Waals surface area contributed by atoms with Gasteiger partial charge in [0.25, 0.3) is 0 Å². The van der Waals surface area contributed by atoms with E-state index in [9.17, 15) is 9.18 Å². The standard InChI is InChI=1S/C27H30ClFN4O2/c1-19-16-21(28)6-11-24(19)31(15-5-4-13-29)20(2)18-32-26-17-30-14-12-25(26)33(27(32)34)22-7-9-23(35-3)10-8-22/h6-12,14,16-17,20H,4-5,13,15,18H2,1-3H3. The highest BCUT2D eigenvalue weighted by atomic mass is 35.5. The molecule has 2 aromatic heterocycles. The Kier molecular flexibility index (Phi) is 7.76. The molecule has 0 aliphatic rings. The Morgan fingerprint density at radius 1 is 1.11 bits per heavy atom. The minimum absolute atomic E-state index is 0.0395. The second-order valence-corrected chi connectivity index (χ2v) is 9.10. The van der Waals surface area contributed by atoms with E-state index in [1.54, 1.807) is 28.6 Å². The summed E-state index contributed by atoms with van der Waals surface area (Å²) in [4.78, 5) is 20.2. The Hall–Kier alpha value is -3.32. The quantitative estimate of drug-likeness (QED) is 0.260. The van der Waals surface area contributed by atoms with Crippen LogP contribution in [-0.2, 0) is 6.54 Å². The molecule has 1 atom stereocenters. The van der Waals surface area contributed by atoms with Crippen LogP contribution in [0.2, 0.25) is 5.02 Å². The summed E-state index contributed by atoms with van der Waals surface area (Å²) >= 11 is 6.19. The third-order valence-electron chi connectivity index (χ3n) is 6.29. The van der Waals surface area contributed by atoms with Crippen molar-refractivity contribution in [3.8, 4) is 11.4 Å². The molecule has 0 saturated heterocycles. The molecule has 184 valence electrons. The maximum atomic E-state index is 13.7. The highest BCUT2D eigenvalue weighted by Gasteiger charge is 2.21. The van der Waals surface area contributed by atoms with Gasteiger partial charge < -0.3 is 9.64 Å². The van der Waals surface area contributed by atoms with Gasteiger partial charge in [0.2, 0.25) is 0 Å². The minimum atomic E-state index is -0.345. The smallest absolute Gasteiger partial charge is 0.333 e. The van der Waals surface area contributed by atoms with Crippen LogP contribution in [-0.4, -0.2) is 40.5 Å². The molecular formula is C27H30ClFN4O2. The highest BCUT2D eigenvalue weighted by Crippen LogP contribution is 2.27. The van der Waals surface area contributed by atoms with Gasteiger partial charge in [-0.3, -0.25) is 18.5 Å². The van der Waals surface area contributed by atoms with Gasteiger partial charge in [-0.15, -0.1) is 0 Å². The third kappa shape index (κ3) is 5.20. The number of ether oxygens (including phenoxy) is 1. The Morgan fingerprint density at radius 2 is 1.89 bits per heavy atom. The van der Waals surface area contributed by atoms with Crippen LogP contribution in [0.4, 0.5) is 10.1 Å². The Labute approximate surface area is 209 Å². The van der Waals surface area contributed by atoms with Gasteiger partial charge in [0.15, 0.2) is 0 Å². The summed E-state index contributed by atoms with van der Waals surface area (Å²) in [5.74, 6) is 0.725. The summed E-state index contributed by atoms with van der Waals surface area (Å²) in [6.07, 6.45) is 4.63. The first kappa shape index (κ1) is 24.8. The molecule has 0 amide bonds. The molecule has 0 saturated carbocycles. The van der Waals surface area contributed by atoms with Gasteiger partial charge in [-0.25, -0.2) is 4.79 Å². The van der Waals surface area contributed by atoms with Gasteiger partial charge in [-0.1, -0.05) is 11.6 Å². The van der Waals surface area contributed by atoms with Crippen LogP contribution in [0.25, 0.3) is 16.7 Å². The normalized spacial score (nSPS) is 12.1. The summed E-state index contributed by atoms with van der Waals surface area (Å²) in [6, 6.07) is 15.0. The average Bonchev–Trinajstić information content (AvgIpc) is 3.13. The minimum Gasteiger partial charge on any atom is -0.497 e. The molecule has 8 heteroatoms. The van der Waals surface area contributed by atoms with Gasteiger partial charge >= 0.3 is 5.69 Å². The summed E-state index contributed by atoms with van der Waals surface area (Å²) in [5.41, 5.74) is 4.24. The topological polar surface area (TPSA) is 52.3 Å². The van der Waals surface area contributed by atoms with Gasteiger partial charge in [0.1, 0.15) is 5.75 Å². The number of rotatable bonds is 10. The number of nitrogens with zero attached hydrogens (tertiary/aromatic N) is 4. The zero-order chi connectivity index (χ0) is 24.9. The van der Waals surface area contributed by atoms with Crippen molar-refractivity contribution in [3.63, 3.8) is 0 Å². The number of aryl methyl sites for hydroxylation is 1. The predicted octanol–water partition coefficient (Wildman–Crippen LogP) is 5.80. The zero-order valence-electron chi connectivity index (χ0n) is 20.2. The molecule has 0 N–H and O–H groups in total. The van der Waals surface area contributed by atoms with E-state index in [0.717, 1.165) is 33.7 Å². The largest absolute Gasteiger partial charge is 0.497 e. The second-order valence-electron chi connectivity index (χ2n) is 8.66. The number of imidazole rings is 1. The highest BCUT2D eigenvalue weighted by molar-refractivity contribution is 6.30. The molecule has 1 unspecified atom stereocenters. The fraction of sp³-hybridized carbons (Fsp3) is 0.333. The van der Waals surface area contributed by atoms with E-state index in [2.05, 4.69) is 16.8 Å². The van der Waals surface area contributed by atoms with Crippen molar-refractivity contribution in [2.24, 2.45) is 0 Å². The number of fused-ring (bicyclic) bond motifs is 1. The number of hydrogen-bond donors (Lipinski definition) is 0. The average molecular weight is 497 g/mol. The molecule has 35 heavy (non-hydrogen) atoms. The number of unbranched alkanes of at least 4 members (excludes halogenated alkanes) is 1. The number of anilines is 1. The molecule has 0 fully saturated rings. The van der Waals surface area contributed by atoms with Crippen LogP contribution in [0, 0.1) is 6.92 Å². The van der Waals surface area contributed by atoms with E-state index in [1.807, 2.05) is 55.5 Å². The summed E-state index contributed by atoms with van der Waals surface area (Å²) in [7, 11) is 1.61. The van der Waals surface area contributed by atoms with Crippen molar-refractivity contribution in [1.82, 2.24) is 14.1 Å². The molecule has 4 aromatic rings. The van der Waals surface area contributed by atoms with E-state index in [0.29, 0.717) is 31.0 Å². The molecule has 0 aliphatic carbocycles. The second kappa shape index (κ2) is 11.0. The lowest BCUT2D eigenvalue weighted by Gasteiger charge is -2.33. The maximum Gasteiger partial charge on any atom is 0.333 e. The molecule has 4 rings (SSSR count). The first-order valence-corrected chi connectivity index (χ1v) is 12.1. The lowest BCUT2D eigenvalue weighted by molar-refractivity contribution is 0.414. The van der Waals surface area contributed by atoms with Gasteiger partial charge in [-0.05, 0) is 80.8 Å². The molecular weight excluding hydrogens is 467 g/mol. The van der Waals surface area contributed by atoms with Crippen molar-refractivity contribution >= 4 is 28.3 Å². The SMILES string of the molecule is COc1ccc(-n2c(=O)n(CC(C)N(CCCCF)c3ccc(Cl)cc3C)c3cnccc32)cc1. The molecule has 0 radical (unpaired) electrons. The van der Waals surface area contributed by atoms with E-state index in [4.69, 9.17) is 16.3 Å². The van der Waals surface area contributed by atoms with Crippen molar-refractivity contribution in [3.05, 3.63) is 82.0 Å². The molecule has 0 aliphatic heterocycles. The fourth-order valence-corrected chi connectivity index (χ4v) is 4.75. The van der Waals surface area contributed by atoms with Gasteiger partial charge in [0.05, 0.1) is 36.7 Å². The monoisotopic (exact) mass is 496 g/mol. The molecule has 6 nitrogen and oxygen atoms in total. The lowest BCUT2D eigenvalue weighted by Crippen LogP contribution is -2.40. The molecule has 2 heterocycles. The number of aromatic nitrogens is 3. The predicted molar refractivity (Wildman–Crippen MR) is 140 cm³/mol. The van der Waals surface area contributed by atoms with E-state index >= 15 is 0 Å². The van der Waals surface area contributed by atoms with E-state index in [1.165, 1.54) is 0 Å². The van der Waals surface area contributed by atoms with Crippen molar-refractivity contribution in [2.45, 2.75) is 39.3 Å². The first-order valence-electron chi connectivity index (χ1n) is 11.7. The molecule has 0 spiro atoms. The third-order valence-corrected chi connectivity index (χ3v) is 6.53. The van der Waals surface area contributed by atoms with Gasteiger partial charge in [-0.2, -0.15) is 0 Å². The van der Waals surface area contributed by atoms with Crippen LogP contribution in [0.1, 0.15) is 25.3 Å². The number of pyridine rings is 1. The number of benzene rings is 2. The van der Waals surface area contributed by atoms with Crippen LogP contribution in [0.3, 0.4) is 0 Å². The van der Waals surface area contributed by atoms with Crippen molar-refractivity contribution in [2.75, 3.05) is 25.2 Å². The molecule has 2 aromatic carbocycles. The summed E-state index contributed by atoms with van der Waals surface area (Å²) < 4.78 is 21.6. The Balaban J connectivity index is 1.74. The number of alkyl halides is 1. The van der Waals surface area contributed by atoms with Crippen molar-refractivity contribution < 1.29 is 9.13 Å². The van der Waals surface area contributed by atoms with E-state index < -0.39 is 0 Å². The van der Waals surface area contributed by atoms with Crippen LogP contribution < -0.4 is 15.3 Å². The van der Waals surface area contributed by atoms with Crippen LogP contribution >= 0.6 is 11.6 Å². The van der Waals surface area contributed by atoms with Crippen LogP contribution in [0.5, 0.6) is 5.75 Å². The Bertz CT molecular complexity index is 1350. The molecule has 0 bridgehead atoms. The number of halogens is 2.